The molecule has 2 saturated carbocycles. The molecule has 4 fully saturated rings. The van der Waals surface area contributed by atoms with Crippen molar-refractivity contribution in [2.45, 2.75) is 82.7 Å². The first kappa shape index (κ1) is 20.5. The van der Waals surface area contributed by atoms with Crippen molar-refractivity contribution in [3.8, 4) is 0 Å². The number of aromatic nitrogens is 1. The first-order valence-corrected chi connectivity index (χ1v) is 12.8. The molecule has 1 aromatic rings. The minimum Gasteiger partial charge on any atom is -0.360 e. The van der Waals surface area contributed by atoms with E-state index in [1.807, 2.05) is 6.92 Å². The molecule has 2 saturated heterocycles. The summed E-state index contributed by atoms with van der Waals surface area (Å²) in [5.41, 5.74) is 0.743. The van der Waals surface area contributed by atoms with Gasteiger partial charge in [0, 0.05) is 43.7 Å². The second kappa shape index (κ2) is 7.60. The second-order valence-corrected chi connectivity index (χ2v) is 11.7. The molecule has 1 aromatic heterocycles. The van der Waals surface area contributed by atoms with Gasteiger partial charge in [-0.25, -0.2) is 0 Å². The standard InChI is InChI=1S/C21H32N4O4S/c1-15-13-17(22-20(26)18-14-19(29-23-18)16-3-4-16)5-10-25(15)30(27,28)24-11-8-21(9-12-24)6-2-7-21/h14-17H,2-13H2,1H3,(H,22,26)/t15-,17-/m0/s1. The maximum atomic E-state index is 13.2. The maximum absolute atomic E-state index is 13.2. The fourth-order valence-corrected chi connectivity index (χ4v) is 7.17. The number of hydrogen-bond donors (Lipinski definition) is 1. The minimum atomic E-state index is -3.45. The average Bonchev–Trinajstić information content (AvgIpc) is 3.43. The van der Waals surface area contributed by atoms with E-state index in [1.165, 1.54) is 19.3 Å². The highest BCUT2D eigenvalue weighted by molar-refractivity contribution is 7.86. The molecule has 5 rings (SSSR count). The summed E-state index contributed by atoms with van der Waals surface area (Å²) in [6.07, 6.45) is 9.21. The summed E-state index contributed by atoms with van der Waals surface area (Å²) in [5, 5.41) is 6.92. The minimum absolute atomic E-state index is 0.0559. The Hall–Kier alpha value is -1.45. The monoisotopic (exact) mass is 436 g/mol. The molecule has 2 atom stereocenters. The number of rotatable bonds is 5. The van der Waals surface area contributed by atoms with Gasteiger partial charge in [0.2, 0.25) is 0 Å². The van der Waals surface area contributed by atoms with E-state index in [0.717, 1.165) is 31.4 Å². The van der Waals surface area contributed by atoms with Gasteiger partial charge in [0.1, 0.15) is 5.76 Å². The third-order valence-corrected chi connectivity index (χ3v) is 9.86. The highest BCUT2D eigenvalue weighted by atomic mass is 32.2. The van der Waals surface area contributed by atoms with E-state index < -0.39 is 10.2 Å². The van der Waals surface area contributed by atoms with Crippen molar-refractivity contribution in [1.82, 2.24) is 19.1 Å². The Morgan fingerprint density at radius 1 is 1.17 bits per heavy atom. The van der Waals surface area contributed by atoms with Gasteiger partial charge in [-0.2, -0.15) is 17.0 Å². The zero-order valence-corrected chi connectivity index (χ0v) is 18.5. The van der Waals surface area contributed by atoms with E-state index in [4.69, 9.17) is 4.52 Å². The molecule has 4 aliphatic rings. The lowest BCUT2D eigenvalue weighted by Crippen LogP contribution is -2.56. The van der Waals surface area contributed by atoms with Crippen molar-refractivity contribution in [3.63, 3.8) is 0 Å². The highest BCUT2D eigenvalue weighted by Gasteiger charge is 2.44. The predicted octanol–water partition coefficient (Wildman–Crippen LogP) is 2.65. The van der Waals surface area contributed by atoms with E-state index in [9.17, 15) is 13.2 Å². The molecule has 0 aromatic carbocycles. The smallest absolute Gasteiger partial charge is 0.282 e. The third-order valence-electron chi connectivity index (χ3n) is 7.71. The van der Waals surface area contributed by atoms with Crippen LogP contribution in [0.15, 0.2) is 10.6 Å². The molecule has 1 spiro atoms. The van der Waals surface area contributed by atoms with Crippen LogP contribution in [0, 0.1) is 5.41 Å². The van der Waals surface area contributed by atoms with Crippen molar-refractivity contribution in [1.29, 1.82) is 0 Å². The molecule has 9 heteroatoms. The second-order valence-electron chi connectivity index (χ2n) is 9.80. The van der Waals surface area contributed by atoms with Crippen molar-refractivity contribution in [3.05, 3.63) is 17.5 Å². The number of carbonyl (C=O) groups excluding carboxylic acids is 1. The molecular weight excluding hydrogens is 404 g/mol. The van der Waals surface area contributed by atoms with Gasteiger partial charge in [0.05, 0.1) is 0 Å². The SMILES string of the molecule is C[C@H]1C[C@@H](NC(=O)c2cc(C3CC3)on2)CCN1S(=O)(=O)N1CCC2(CCC2)CC1. The van der Waals surface area contributed by atoms with Gasteiger partial charge < -0.3 is 9.84 Å². The molecule has 8 nitrogen and oxygen atoms in total. The van der Waals surface area contributed by atoms with E-state index >= 15 is 0 Å². The first-order chi connectivity index (χ1) is 14.4. The summed E-state index contributed by atoms with van der Waals surface area (Å²) >= 11 is 0. The number of piperidine rings is 2. The fraction of sp³-hybridized carbons (Fsp3) is 0.810. The molecule has 2 aliphatic carbocycles. The van der Waals surface area contributed by atoms with Crippen LogP contribution in [-0.2, 0) is 10.2 Å². The van der Waals surface area contributed by atoms with Gasteiger partial charge in [0.25, 0.3) is 16.1 Å². The van der Waals surface area contributed by atoms with Crippen molar-refractivity contribution < 1.29 is 17.7 Å². The van der Waals surface area contributed by atoms with Gasteiger partial charge in [0.15, 0.2) is 5.69 Å². The predicted molar refractivity (Wildman–Crippen MR) is 111 cm³/mol. The average molecular weight is 437 g/mol. The van der Waals surface area contributed by atoms with Crippen LogP contribution in [0.1, 0.15) is 86.9 Å². The molecule has 1 N–H and O–H groups in total. The van der Waals surface area contributed by atoms with Crippen molar-refractivity contribution >= 4 is 16.1 Å². The van der Waals surface area contributed by atoms with Gasteiger partial charge in [-0.1, -0.05) is 11.6 Å². The first-order valence-electron chi connectivity index (χ1n) is 11.4. The van der Waals surface area contributed by atoms with Crippen molar-refractivity contribution in [2.24, 2.45) is 5.41 Å². The van der Waals surface area contributed by atoms with Gasteiger partial charge in [-0.05, 0) is 63.7 Å². The zero-order chi connectivity index (χ0) is 20.9. The van der Waals surface area contributed by atoms with Gasteiger partial charge in [-0.15, -0.1) is 0 Å². The molecule has 166 valence electrons. The zero-order valence-electron chi connectivity index (χ0n) is 17.7. The molecule has 0 unspecified atom stereocenters. The molecule has 3 heterocycles. The molecule has 1 amide bonds. The molecule has 30 heavy (non-hydrogen) atoms. The number of nitrogens with one attached hydrogen (secondary N) is 1. The van der Waals surface area contributed by atoms with Crippen LogP contribution in [0.4, 0.5) is 0 Å². The number of nitrogens with zero attached hydrogens (tertiary/aromatic N) is 3. The molecule has 0 bridgehead atoms. The third kappa shape index (κ3) is 3.80. The summed E-state index contributed by atoms with van der Waals surface area (Å²) in [5.74, 6) is 0.974. The van der Waals surface area contributed by atoms with Crippen LogP contribution < -0.4 is 5.32 Å². The Morgan fingerprint density at radius 2 is 1.90 bits per heavy atom. The Morgan fingerprint density at radius 3 is 2.50 bits per heavy atom. The largest absolute Gasteiger partial charge is 0.360 e. The van der Waals surface area contributed by atoms with E-state index in [2.05, 4.69) is 10.5 Å². The molecule has 0 radical (unpaired) electrons. The molecule has 2 aliphatic heterocycles. The molecular formula is C21H32N4O4S. The van der Waals surface area contributed by atoms with Crippen LogP contribution in [0.25, 0.3) is 0 Å². The summed E-state index contributed by atoms with van der Waals surface area (Å²) < 4.78 is 35.1. The topological polar surface area (TPSA) is 95.7 Å². The number of amides is 1. The van der Waals surface area contributed by atoms with Crippen LogP contribution >= 0.6 is 0 Å². The Labute approximate surface area is 178 Å². The lowest BCUT2D eigenvalue weighted by Gasteiger charge is -2.48. The van der Waals surface area contributed by atoms with Crippen molar-refractivity contribution in [2.75, 3.05) is 19.6 Å². The fourth-order valence-electron chi connectivity index (χ4n) is 5.36. The summed E-state index contributed by atoms with van der Waals surface area (Å²) in [6, 6.07) is 1.54. The number of carbonyl (C=O) groups is 1. The lowest BCUT2D eigenvalue weighted by molar-refractivity contribution is 0.0574. The van der Waals surface area contributed by atoms with Gasteiger partial charge in [-0.3, -0.25) is 4.79 Å². The quantitative estimate of drug-likeness (QED) is 0.766. The van der Waals surface area contributed by atoms with E-state index in [1.54, 1.807) is 14.7 Å². The van der Waals surface area contributed by atoms with E-state index in [0.29, 0.717) is 49.5 Å². The van der Waals surface area contributed by atoms with Crippen LogP contribution in [0.5, 0.6) is 0 Å². The summed E-state index contributed by atoms with van der Waals surface area (Å²) in [6.45, 7) is 3.65. The highest BCUT2D eigenvalue weighted by Crippen LogP contribution is 2.49. The number of hydrogen-bond acceptors (Lipinski definition) is 5. The van der Waals surface area contributed by atoms with E-state index in [-0.39, 0.29) is 18.0 Å². The normalized spacial score (nSPS) is 30.2. The lowest BCUT2D eigenvalue weighted by atomic mass is 9.63. The Kier molecular flexibility index (Phi) is 5.18. The Balaban J connectivity index is 1.16. The van der Waals surface area contributed by atoms with Crippen LogP contribution in [0.3, 0.4) is 0 Å². The van der Waals surface area contributed by atoms with Crippen LogP contribution in [0.2, 0.25) is 0 Å². The van der Waals surface area contributed by atoms with Gasteiger partial charge >= 0.3 is 0 Å². The van der Waals surface area contributed by atoms with Crippen LogP contribution in [-0.4, -0.2) is 59.8 Å². The Bertz CT molecular complexity index is 896. The maximum Gasteiger partial charge on any atom is 0.282 e. The summed E-state index contributed by atoms with van der Waals surface area (Å²) in [7, 11) is -3.45. The summed E-state index contributed by atoms with van der Waals surface area (Å²) in [4.78, 5) is 12.5.